The van der Waals surface area contributed by atoms with E-state index in [1.807, 2.05) is 0 Å². The minimum Gasteiger partial charge on any atom is -0.404 e. The van der Waals surface area contributed by atoms with Crippen LogP contribution in [-0.2, 0) is 13.8 Å². The minimum atomic E-state index is -4.71. The standard InChI is InChI=1S/C16H18N3O10P/c1-9-7-18(16(22)17-15(9)21)14-6-12(13(8-20)27-14)29-30(25,26)28-11-4-2-10(3-5-11)19(23)24/h2-5,7,12-14,20H,6,8H2,1H3,(H,25,26)(H,17,21,22)/t12-,13+,14+/m0/s1. The van der Waals surface area contributed by atoms with E-state index in [0.29, 0.717) is 0 Å². The molecule has 4 atom stereocenters. The Morgan fingerprint density at radius 2 is 2.03 bits per heavy atom. The molecule has 30 heavy (non-hydrogen) atoms. The Morgan fingerprint density at radius 3 is 2.63 bits per heavy atom. The van der Waals surface area contributed by atoms with Crippen molar-refractivity contribution in [3.05, 3.63) is 67.0 Å². The molecule has 0 saturated carbocycles. The number of nitro groups is 1. The highest BCUT2D eigenvalue weighted by atomic mass is 31.2. The molecule has 14 heteroatoms. The number of nitro benzene ring substituents is 1. The number of nitrogens with one attached hydrogen (secondary N) is 1. The molecule has 2 heterocycles. The highest BCUT2D eigenvalue weighted by Crippen LogP contribution is 2.48. The number of aromatic nitrogens is 2. The second kappa shape index (κ2) is 8.50. The molecular formula is C16H18N3O10P. The summed E-state index contributed by atoms with van der Waals surface area (Å²) in [5.74, 6) is -0.144. The summed E-state index contributed by atoms with van der Waals surface area (Å²) in [7, 11) is -4.71. The van der Waals surface area contributed by atoms with Crippen LogP contribution in [0, 0.1) is 17.0 Å². The van der Waals surface area contributed by atoms with E-state index < -0.39 is 49.0 Å². The van der Waals surface area contributed by atoms with E-state index in [0.717, 1.165) is 28.8 Å². The molecule has 1 aliphatic heterocycles. The summed E-state index contributed by atoms with van der Waals surface area (Å²) in [6.45, 7) is 0.914. The molecule has 2 aromatic rings. The van der Waals surface area contributed by atoms with Gasteiger partial charge in [0.15, 0.2) is 0 Å². The predicted octanol–water partition coefficient (Wildman–Crippen LogP) is 0.598. The van der Waals surface area contributed by atoms with Gasteiger partial charge in [-0.3, -0.25) is 33.9 Å². The van der Waals surface area contributed by atoms with Crippen molar-refractivity contribution in [2.75, 3.05) is 6.61 Å². The second-order valence-electron chi connectivity index (χ2n) is 6.48. The molecule has 1 fully saturated rings. The number of phosphoric ester groups is 1. The maximum Gasteiger partial charge on any atom is 0.527 e. The number of nitrogens with zero attached hydrogens (tertiary/aromatic N) is 2. The van der Waals surface area contributed by atoms with Gasteiger partial charge in [-0.05, 0) is 19.1 Å². The molecular weight excluding hydrogens is 425 g/mol. The van der Waals surface area contributed by atoms with Gasteiger partial charge in [0.1, 0.15) is 24.2 Å². The first-order valence-electron chi connectivity index (χ1n) is 8.63. The number of aliphatic hydroxyl groups excluding tert-OH is 1. The Balaban J connectivity index is 1.74. The van der Waals surface area contributed by atoms with Crippen molar-refractivity contribution >= 4 is 13.5 Å². The summed E-state index contributed by atoms with van der Waals surface area (Å²) in [5.41, 5.74) is -1.29. The van der Waals surface area contributed by atoms with E-state index in [1.165, 1.54) is 13.1 Å². The smallest absolute Gasteiger partial charge is 0.404 e. The van der Waals surface area contributed by atoms with Crippen LogP contribution in [0.4, 0.5) is 5.69 Å². The summed E-state index contributed by atoms with van der Waals surface area (Å²) in [4.78, 5) is 45.7. The normalized spacial score (nSPS) is 23.1. The van der Waals surface area contributed by atoms with Gasteiger partial charge in [0, 0.05) is 30.3 Å². The van der Waals surface area contributed by atoms with E-state index in [4.69, 9.17) is 13.8 Å². The fraction of sp³-hybridized carbons (Fsp3) is 0.375. The average Bonchev–Trinajstić information content (AvgIpc) is 3.06. The van der Waals surface area contributed by atoms with Gasteiger partial charge in [-0.2, -0.15) is 0 Å². The van der Waals surface area contributed by atoms with Gasteiger partial charge < -0.3 is 14.4 Å². The lowest BCUT2D eigenvalue weighted by molar-refractivity contribution is -0.384. The van der Waals surface area contributed by atoms with Gasteiger partial charge >= 0.3 is 13.5 Å². The van der Waals surface area contributed by atoms with Crippen molar-refractivity contribution in [1.29, 1.82) is 0 Å². The summed E-state index contributed by atoms with van der Waals surface area (Å²) in [6, 6.07) is 4.44. The molecule has 1 aliphatic rings. The number of aryl methyl sites for hydroxylation is 1. The summed E-state index contributed by atoms with van der Waals surface area (Å²) in [5, 5.41) is 20.2. The number of benzene rings is 1. The molecule has 0 amide bonds. The third-order valence-electron chi connectivity index (χ3n) is 4.35. The maximum atomic E-state index is 12.4. The molecule has 3 N–H and O–H groups in total. The largest absolute Gasteiger partial charge is 0.527 e. The van der Waals surface area contributed by atoms with Crippen LogP contribution >= 0.6 is 7.82 Å². The summed E-state index contributed by atoms with van der Waals surface area (Å²) in [6.07, 6.45) is -1.95. The monoisotopic (exact) mass is 443 g/mol. The Kier molecular flexibility index (Phi) is 6.19. The quantitative estimate of drug-likeness (QED) is 0.311. The van der Waals surface area contributed by atoms with Crippen LogP contribution in [0.5, 0.6) is 5.75 Å². The first-order valence-corrected chi connectivity index (χ1v) is 10.1. The van der Waals surface area contributed by atoms with Gasteiger partial charge in [0.2, 0.25) is 0 Å². The number of rotatable bonds is 7. The number of non-ortho nitro benzene ring substituents is 1. The number of aliphatic hydroxyl groups is 1. The Morgan fingerprint density at radius 1 is 1.37 bits per heavy atom. The van der Waals surface area contributed by atoms with Crippen molar-refractivity contribution in [3.8, 4) is 5.75 Å². The highest BCUT2D eigenvalue weighted by Gasteiger charge is 2.42. The zero-order valence-electron chi connectivity index (χ0n) is 15.5. The zero-order valence-corrected chi connectivity index (χ0v) is 16.4. The SMILES string of the molecule is Cc1cn([C@H]2C[C@H](OP(=O)(O)Oc3ccc([N+](=O)[O-])cc3)[C@@H](CO)O2)c(=O)[nH]c1=O. The van der Waals surface area contributed by atoms with Crippen LogP contribution in [0.25, 0.3) is 0 Å². The maximum absolute atomic E-state index is 12.4. The number of aromatic amines is 1. The van der Waals surface area contributed by atoms with Crippen LogP contribution in [-0.4, -0.2) is 43.3 Å². The van der Waals surface area contributed by atoms with Crippen LogP contribution in [0.15, 0.2) is 40.1 Å². The number of phosphoric acid groups is 1. The van der Waals surface area contributed by atoms with Crippen molar-refractivity contribution < 1.29 is 33.3 Å². The van der Waals surface area contributed by atoms with Crippen molar-refractivity contribution in [2.24, 2.45) is 0 Å². The van der Waals surface area contributed by atoms with Gasteiger partial charge in [0.05, 0.1) is 11.5 Å². The lowest BCUT2D eigenvalue weighted by atomic mass is 10.2. The molecule has 13 nitrogen and oxygen atoms in total. The first kappa shape index (κ1) is 21.9. The molecule has 0 radical (unpaired) electrons. The highest BCUT2D eigenvalue weighted by molar-refractivity contribution is 7.47. The average molecular weight is 443 g/mol. The molecule has 1 aromatic heterocycles. The fourth-order valence-corrected chi connectivity index (χ4v) is 3.90. The number of hydrogen-bond donors (Lipinski definition) is 3. The first-order chi connectivity index (χ1) is 14.1. The second-order valence-corrected chi connectivity index (χ2v) is 7.81. The van der Waals surface area contributed by atoms with E-state index in [-0.39, 0.29) is 23.4 Å². The van der Waals surface area contributed by atoms with Gasteiger partial charge in [-0.1, -0.05) is 0 Å². The van der Waals surface area contributed by atoms with Crippen molar-refractivity contribution in [1.82, 2.24) is 9.55 Å². The van der Waals surface area contributed by atoms with Crippen LogP contribution < -0.4 is 15.8 Å². The lowest BCUT2D eigenvalue weighted by Crippen LogP contribution is -2.33. The molecule has 162 valence electrons. The molecule has 1 unspecified atom stereocenters. The van der Waals surface area contributed by atoms with Gasteiger partial charge in [0.25, 0.3) is 11.2 Å². The number of hydrogen-bond acceptors (Lipinski definition) is 9. The summed E-state index contributed by atoms with van der Waals surface area (Å²) < 4.78 is 29.0. The number of H-pyrrole nitrogens is 1. The van der Waals surface area contributed by atoms with Crippen LogP contribution in [0.3, 0.4) is 0 Å². The van der Waals surface area contributed by atoms with Gasteiger partial charge in [-0.15, -0.1) is 0 Å². The third-order valence-corrected chi connectivity index (χ3v) is 5.33. The van der Waals surface area contributed by atoms with Gasteiger partial charge in [-0.25, -0.2) is 9.36 Å². The van der Waals surface area contributed by atoms with Crippen LogP contribution in [0.2, 0.25) is 0 Å². The van der Waals surface area contributed by atoms with Crippen LogP contribution in [0.1, 0.15) is 18.2 Å². The van der Waals surface area contributed by atoms with E-state index in [9.17, 15) is 34.3 Å². The minimum absolute atomic E-state index is 0.0925. The van der Waals surface area contributed by atoms with Crippen molar-refractivity contribution in [3.63, 3.8) is 0 Å². The molecule has 0 bridgehead atoms. The number of ether oxygens (including phenoxy) is 1. The molecule has 1 saturated heterocycles. The fourth-order valence-electron chi connectivity index (χ4n) is 2.90. The molecule has 0 spiro atoms. The Labute approximate surface area is 168 Å². The summed E-state index contributed by atoms with van der Waals surface area (Å²) >= 11 is 0. The topological polar surface area (TPSA) is 183 Å². The van der Waals surface area contributed by atoms with E-state index in [1.54, 1.807) is 0 Å². The van der Waals surface area contributed by atoms with E-state index >= 15 is 0 Å². The molecule has 0 aliphatic carbocycles. The zero-order chi connectivity index (χ0) is 22.1. The molecule has 1 aromatic carbocycles. The molecule has 3 rings (SSSR count). The Bertz CT molecular complexity index is 1100. The Hall–Kier alpha value is -2.83. The van der Waals surface area contributed by atoms with Crippen molar-refractivity contribution in [2.45, 2.75) is 31.8 Å². The lowest BCUT2D eigenvalue weighted by Gasteiger charge is -2.20. The van der Waals surface area contributed by atoms with E-state index in [2.05, 4.69) is 4.98 Å². The third kappa shape index (κ3) is 4.83. The predicted molar refractivity (Wildman–Crippen MR) is 100 cm³/mol.